The van der Waals surface area contributed by atoms with E-state index in [4.69, 9.17) is 4.42 Å². The van der Waals surface area contributed by atoms with E-state index < -0.39 is 0 Å². The molecule has 0 aliphatic carbocycles. The van der Waals surface area contributed by atoms with E-state index in [9.17, 15) is 4.79 Å². The molecule has 2 aromatic heterocycles. The first-order valence-electron chi connectivity index (χ1n) is 9.33. The number of thiazole rings is 1. The Hall–Kier alpha value is -2.60. The lowest BCUT2D eigenvalue weighted by molar-refractivity contribution is -0.115. The Labute approximate surface area is 163 Å². The third-order valence-corrected chi connectivity index (χ3v) is 5.62. The second-order valence-corrected chi connectivity index (χ2v) is 7.73. The molecule has 1 aliphatic rings. The molecule has 140 valence electrons. The first-order chi connectivity index (χ1) is 13.2. The van der Waals surface area contributed by atoms with Gasteiger partial charge in [0.05, 0.1) is 12.1 Å². The summed E-state index contributed by atoms with van der Waals surface area (Å²) in [6.07, 6.45) is 4.09. The first kappa shape index (κ1) is 17.8. The summed E-state index contributed by atoms with van der Waals surface area (Å²) in [5, 5.41) is 5.67. The summed E-state index contributed by atoms with van der Waals surface area (Å²) in [7, 11) is 0. The van der Waals surface area contributed by atoms with Gasteiger partial charge in [-0.2, -0.15) is 0 Å². The molecule has 1 N–H and O–H groups in total. The maximum atomic E-state index is 12.3. The average Bonchev–Trinajstić information content (AvgIpc) is 3.32. The number of benzene rings is 1. The van der Waals surface area contributed by atoms with Crippen molar-refractivity contribution in [3.8, 4) is 10.8 Å². The molecule has 0 radical (unpaired) electrons. The summed E-state index contributed by atoms with van der Waals surface area (Å²) in [4.78, 5) is 19.3. The summed E-state index contributed by atoms with van der Waals surface area (Å²) in [5.41, 5.74) is 2.80. The van der Waals surface area contributed by atoms with E-state index in [-0.39, 0.29) is 12.3 Å². The van der Waals surface area contributed by atoms with Crippen LogP contribution in [0, 0.1) is 6.92 Å². The number of nitrogens with zero attached hydrogens (tertiary/aromatic N) is 2. The molecule has 1 saturated heterocycles. The summed E-state index contributed by atoms with van der Waals surface area (Å²) >= 11 is 1.49. The largest absolute Gasteiger partial charge is 0.459 e. The maximum absolute atomic E-state index is 12.3. The van der Waals surface area contributed by atoms with Crippen LogP contribution in [0.5, 0.6) is 0 Å². The average molecular weight is 382 g/mol. The van der Waals surface area contributed by atoms with Gasteiger partial charge in [-0.1, -0.05) is 0 Å². The normalized spacial score (nSPS) is 14.3. The smallest absolute Gasteiger partial charge is 0.230 e. The van der Waals surface area contributed by atoms with E-state index in [0.29, 0.717) is 0 Å². The molecule has 3 heterocycles. The van der Waals surface area contributed by atoms with Crippen molar-refractivity contribution in [1.29, 1.82) is 0 Å². The zero-order chi connectivity index (χ0) is 18.6. The van der Waals surface area contributed by atoms with Gasteiger partial charge in [0.25, 0.3) is 0 Å². The van der Waals surface area contributed by atoms with Crippen LogP contribution in [0.2, 0.25) is 0 Å². The van der Waals surface area contributed by atoms with Crippen LogP contribution in [0.15, 0.2) is 46.2 Å². The Morgan fingerprint density at radius 1 is 1.15 bits per heavy atom. The van der Waals surface area contributed by atoms with Crippen molar-refractivity contribution in [2.24, 2.45) is 0 Å². The molecule has 1 aromatic carbocycles. The van der Waals surface area contributed by atoms with Gasteiger partial charge in [0, 0.05) is 29.8 Å². The number of anilines is 2. The number of furan rings is 1. The minimum Gasteiger partial charge on any atom is -0.459 e. The molecular weight excluding hydrogens is 358 g/mol. The lowest BCUT2D eigenvalue weighted by Gasteiger charge is -2.28. The van der Waals surface area contributed by atoms with Gasteiger partial charge >= 0.3 is 0 Å². The highest BCUT2D eigenvalue weighted by atomic mass is 32.1. The number of hydrogen-bond donors (Lipinski definition) is 1. The van der Waals surface area contributed by atoms with Gasteiger partial charge in [0.1, 0.15) is 5.76 Å². The highest BCUT2D eigenvalue weighted by Gasteiger charge is 2.13. The molecule has 0 spiro atoms. The van der Waals surface area contributed by atoms with Gasteiger partial charge in [0.2, 0.25) is 5.91 Å². The van der Waals surface area contributed by atoms with E-state index in [1.54, 1.807) is 0 Å². The van der Waals surface area contributed by atoms with Crippen LogP contribution < -0.4 is 10.2 Å². The monoisotopic (exact) mass is 381 g/mol. The Kier molecular flexibility index (Phi) is 5.25. The fourth-order valence-electron chi connectivity index (χ4n) is 3.33. The SMILES string of the molecule is Cc1ccc(-c2nc(CC(=O)Nc3ccc(N4CCCCC4)cc3)cs2)o1. The van der Waals surface area contributed by atoms with E-state index in [0.717, 1.165) is 41.0 Å². The number of hydrogen-bond acceptors (Lipinski definition) is 5. The van der Waals surface area contributed by atoms with Crippen LogP contribution in [0.1, 0.15) is 30.7 Å². The predicted molar refractivity (Wildman–Crippen MR) is 109 cm³/mol. The molecule has 27 heavy (non-hydrogen) atoms. The van der Waals surface area contributed by atoms with Gasteiger partial charge in [-0.25, -0.2) is 4.98 Å². The molecule has 5 nitrogen and oxygen atoms in total. The number of nitrogens with one attached hydrogen (secondary N) is 1. The van der Waals surface area contributed by atoms with E-state index in [2.05, 4.69) is 27.3 Å². The Balaban J connectivity index is 1.34. The number of piperidine rings is 1. The summed E-state index contributed by atoms with van der Waals surface area (Å²) in [6, 6.07) is 11.9. The number of amides is 1. The standard InChI is InChI=1S/C21H23N3O2S/c1-15-5-10-19(26-15)21-23-17(14-27-21)13-20(25)22-16-6-8-18(9-7-16)24-11-3-2-4-12-24/h5-10,14H,2-4,11-13H2,1H3,(H,22,25). The first-order valence-corrected chi connectivity index (χ1v) is 10.2. The zero-order valence-electron chi connectivity index (χ0n) is 15.4. The third kappa shape index (κ3) is 4.39. The van der Waals surface area contributed by atoms with Crippen LogP contribution in [0.4, 0.5) is 11.4 Å². The molecule has 1 fully saturated rings. The van der Waals surface area contributed by atoms with Crippen LogP contribution in [-0.2, 0) is 11.2 Å². The van der Waals surface area contributed by atoms with Gasteiger partial charge in [0.15, 0.2) is 10.8 Å². The predicted octanol–water partition coefficient (Wildman–Crippen LogP) is 4.88. The molecule has 0 atom stereocenters. The molecule has 1 aliphatic heterocycles. The molecule has 0 bridgehead atoms. The lowest BCUT2D eigenvalue weighted by Crippen LogP contribution is -2.29. The molecular formula is C21H23N3O2S. The van der Waals surface area contributed by atoms with Crippen LogP contribution in [-0.4, -0.2) is 24.0 Å². The van der Waals surface area contributed by atoms with Crippen LogP contribution >= 0.6 is 11.3 Å². The molecule has 0 saturated carbocycles. The summed E-state index contributed by atoms with van der Waals surface area (Å²) in [5.74, 6) is 1.54. The minimum atomic E-state index is -0.0619. The molecule has 1 amide bonds. The van der Waals surface area contributed by atoms with Gasteiger partial charge in [-0.15, -0.1) is 11.3 Å². The number of aryl methyl sites for hydroxylation is 1. The molecule has 6 heteroatoms. The van der Waals surface area contributed by atoms with Crippen LogP contribution in [0.25, 0.3) is 10.8 Å². The van der Waals surface area contributed by atoms with Crippen molar-refractivity contribution in [3.63, 3.8) is 0 Å². The number of carbonyl (C=O) groups is 1. The molecule has 3 aromatic rings. The van der Waals surface area contributed by atoms with Crippen molar-refractivity contribution < 1.29 is 9.21 Å². The summed E-state index contributed by atoms with van der Waals surface area (Å²) in [6.45, 7) is 4.14. The van der Waals surface area contributed by atoms with E-state index in [1.165, 1.54) is 36.3 Å². The second kappa shape index (κ2) is 7.96. The van der Waals surface area contributed by atoms with E-state index >= 15 is 0 Å². The third-order valence-electron chi connectivity index (χ3n) is 4.72. The Bertz CT molecular complexity index is 908. The van der Waals surface area contributed by atoms with Gasteiger partial charge in [-0.3, -0.25) is 4.79 Å². The Morgan fingerprint density at radius 2 is 1.93 bits per heavy atom. The highest BCUT2D eigenvalue weighted by Crippen LogP contribution is 2.26. The van der Waals surface area contributed by atoms with Crippen LogP contribution in [0.3, 0.4) is 0 Å². The Morgan fingerprint density at radius 3 is 2.63 bits per heavy atom. The van der Waals surface area contributed by atoms with Crippen molar-refractivity contribution in [2.75, 3.05) is 23.3 Å². The summed E-state index contributed by atoms with van der Waals surface area (Å²) < 4.78 is 5.59. The number of aromatic nitrogens is 1. The van der Waals surface area contributed by atoms with Gasteiger partial charge in [-0.05, 0) is 62.6 Å². The minimum absolute atomic E-state index is 0.0619. The van der Waals surface area contributed by atoms with Gasteiger partial charge < -0.3 is 14.6 Å². The van der Waals surface area contributed by atoms with Crippen molar-refractivity contribution in [2.45, 2.75) is 32.6 Å². The molecule has 4 rings (SSSR count). The number of rotatable bonds is 5. The topological polar surface area (TPSA) is 58.4 Å². The lowest BCUT2D eigenvalue weighted by atomic mass is 10.1. The fraction of sp³-hybridized carbons (Fsp3) is 0.333. The van der Waals surface area contributed by atoms with E-state index in [1.807, 2.05) is 36.6 Å². The van der Waals surface area contributed by atoms with Crippen molar-refractivity contribution >= 4 is 28.6 Å². The zero-order valence-corrected chi connectivity index (χ0v) is 16.2. The van der Waals surface area contributed by atoms with Crippen molar-refractivity contribution in [3.05, 3.63) is 53.2 Å². The fourth-order valence-corrected chi connectivity index (χ4v) is 4.11. The maximum Gasteiger partial charge on any atom is 0.230 e. The number of carbonyl (C=O) groups excluding carboxylic acids is 1. The quantitative estimate of drug-likeness (QED) is 0.684. The second-order valence-electron chi connectivity index (χ2n) is 6.87. The van der Waals surface area contributed by atoms with Crippen molar-refractivity contribution in [1.82, 2.24) is 4.98 Å². The molecule has 0 unspecified atom stereocenters. The highest BCUT2D eigenvalue weighted by molar-refractivity contribution is 7.13.